The summed E-state index contributed by atoms with van der Waals surface area (Å²) in [7, 11) is 0. The number of hydrogen-bond donors (Lipinski definition) is 2. The Hall–Kier alpha value is -0.720. The number of nitrogens with zero attached hydrogens (tertiary/aromatic N) is 1. The molecule has 0 radical (unpaired) electrons. The Morgan fingerprint density at radius 1 is 1.82 bits per heavy atom. The molecule has 0 fully saturated rings. The van der Waals surface area contributed by atoms with Gasteiger partial charge in [0, 0.05) is 12.4 Å². The average Bonchev–Trinajstić information content (AvgIpc) is 2.41. The van der Waals surface area contributed by atoms with Gasteiger partial charge in [-0.25, -0.2) is 4.98 Å². The molecule has 0 saturated heterocycles. The van der Waals surface area contributed by atoms with Gasteiger partial charge in [-0.2, -0.15) is 4.21 Å². The van der Waals surface area contributed by atoms with Crippen molar-refractivity contribution in [3.63, 3.8) is 0 Å². The van der Waals surface area contributed by atoms with Gasteiger partial charge in [0.1, 0.15) is 0 Å². The fourth-order valence-electron chi connectivity index (χ4n) is 0.316. The molecule has 11 heavy (non-hydrogen) atoms. The van der Waals surface area contributed by atoms with Crippen LogP contribution in [0.4, 0.5) is 0 Å². The summed E-state index contributed by atoms with van der Waals surface area (Å²) in [6.07, 6.45) is 5.08. The zero-order valence-electron chi connectivity index (χ0n) is 6.06. The van der Waals surface area contributed by atoms with Crippen molar-refractivity contribution in [3.8, 4) is 0 Å². The molecule has 0 aromatic carbocycles. The summed E-state index contributed by atoms with van der Waals surface area (Å²) in [6.45, 7) is 1.93. The fourth-order valence-corrected chi connectivity index (χ4v) is 0.518. The molecule has 1 aromatic heterocycles. The standard InChI is InChI=1S/C3H4N2.C2H6O3S/c1-2-5-3-4-1;1-2-5-6(3)4/h1-3H,(H,4,5);2H2,1H3,(H,3,4). The normalized spacial score (nSPS) is 11.5. The molecule has 0 amide bonds. The molecule has 6 heteroatoms. The predicted octanol–water partition coefficient (Wildman–Crippen LogP) is 0.569. The minimum absolute atomic E-state index is 0.281. The summed E-state index contributed by atoms with van der Waals surface area (Å²) >= 11 is -2.07. The Morgan fingerprint density at radius 3 is 2.64 bits per heavy atom. The van der Waals surface area contributed by atoms with Crippen molar-refractivity contribution in [2.24, 2.45) is 0 Å². The fraction of sp³-hybridized carbons (Fsp3) is 0.400. The van der Waals surface area contributed by atoms with Crippen molar-refractivity contribution in [2.75, 3.05) is 6.61 Å². The molecule has 0 bridgehead atoms. The molecule has 5 nitrogen and oxygen atoms in total. The molecule has 1 rings (SSSR count). The van der Waals surface area contributed by atoms with Crippen molar-refractivity contribution in [1.82, 2.24) is 9.97 Å². The van der Waals surface area contributed by atoms with Crippen molar-refractivity contribution >= 4 is 11.4 Å². The van der Waals surface area contributed by atoms with Crippen LogP contribution in [0.2, 0.25) is 0 Å². The molecule has 0 spiro atoms. The molecule has 0 aliphatic rings. The lowest BCUT2D eigenvalue weighted by Crippen LogP contribution is -1.91. The molecule has 0 saturated carbocycles. The zero-order valence-corrected chi connectivity index (χ0v) is 6.87. The van der Waals surface area contributed by atoms with Gasteiger partial charge < -0.3 is 4.98 Å². The monoisotopic (exact) mass is 178 g/mol. The van der Waals surface area contributed by atoms with Gasteiger partial charge in [-0.15, -0.1) is 0 Å². The molecule has 1 atom stereocenters. The summed E-state index contributed by atoms with van der Waals surface area (Å²) in [5.41, 5.74) is 0. The Kier molecular flexibility index (Phi) is 6.90. The van der Waals surface area contributed by atoms with Gasteiger partial charge in [0.05, 0.1) is 12.9 Å². The summed E-state index contributed by atoms with van der Waals surface area (Å²) in [5.74, 6) is 0. The highest BCUT2D eigenvalue weighted by molar-refractivity contribution is 7.74. The molecule has 1 heterocycles. The topological polar surface area (TPSA) is 75.2 Å². The smallest absolute Gasteiger partial charge is 0.301 e. The molecule has 64 valence electrons. The van der Waals surface area contributed by atoms with Gasteiger partial charge in [0.25, 0.3) is 0 Å². The van der Waals surface area contributed by atoms with Crippen LogP contribution >= 0.6 is 0 Å². The summed E-state index contributed by atoms with van der Waals surface area (Å²) in [5, 5.41) is 0. The molecule has 1 unspecified atom stereocenters. The van der Waals surface area contributed by atoms with E-state index in [0.717, 1.165) is 0 Å². The van der Waals surface area contributed by atoms with Gasteiger partial charge in [-0.05, 0) is 6.92 Å². The summed E-state index contributed by atoms with van der Waals surface area (Å²) in [4.78, 5) is 6.42. The summed E-state index contributed by atoms with van der Waals surface area (Å²) in [6, 6.07) is 0. The number of hydrogen-bond acceptors (Lipinski definition) is 3. The maximum atomic E-state index is 9.49. The van der Waals surface area contributed by atoms with E-state index in [1.165, 1.54) is 0 Å². The van der Waals surface area contributed by atoms with Crippen LogP contribution in [0, 0.1) is 0 Å². The highest BCUT2D eigenvalue weighted by atomic mass is 32.2. The minimum Gasteiger partial charge on any atom is -0.351 e. The highest BCUT2D eigenvalue weighted by Gasteiger charge is 1.82. The van der Waals surface area contributed by atoms with Gasteiger partial charge in [-0.3, -0.25) is 8.74 Å². The Balaban J connectivity index is 0.000000183. The quantitative estimate of drug-likeness (QED) is 0.649. The maximum absolute atomic E-state index is 9.49. The molecule has 2 N–H and O–H groups in total. The second-order valence-corrected chi connectivity index (χ2v) is 2.05. The minimum atomic E-state index is -2.07. The van der Waals surface area contributed by atoms with Crippen LogP contribution < -0.4 is 0 Å². The van der Waals surface area contributed by atoms with Gasteiger partial charge >= 0.3 is 11.4 Å². The number of H-pyrrole nitrogens is 1. The third kappa shape index (κ3) is 9.28. The van der Waals surface area contributed by atoms with E-state index < -0.39 is 11.4 Å². The molecule has 1 aromatic rings. The van der Waals surface area contributed by atoms with E-state index in [1.54, 1.807) is 25.6 Å². The SMILES string of the molecule is CCOS(=O)O.c1c[nH]cn1. The van der Waals surface area contributed by atoms with E-state index in [-0.39, 0.29) is 6.61 Å². The largest absolute Gasteiger partial charge is 0.351 e. The van der Waals surface area contributed by atoms with Crippen LogP contribution in [0.1, 0.15) is 6.92 Å². The molecule has 0 aliphatic carbocycles. The zero-order chi connectivity index (χ0) is 8.53. The van der Waals surface area contributed by atoms with E-state index in [2.05, 4.69) is 14.2 Å². The first-order valence-electron chi connectivity index (χ1n) is 2.94. The van der Waals surface area contributed by atoms with Gasteiger partial charge in [0.2, 0.25) is 0 Å². The van der Waals surface area contributed by atoms with Crippen molar-refractivity contribution in [3.05, 3.63) is 18.7 Å². The second kappa shape index (κ2) is 7.39. The van der Waals surface area contributed by atoms with Crippen molar-refractivity contribution < 1.29 is 12.9 Å². The predicted molar refractivity (Wildman–Crippen MR) is 41.0 cm³/mol. The van der Waals surface area contributed by atoms with Gasteiger partial charge in [-0.1, -0.05) is 0 Å². The van der Waals surface area contributed by atoms with Crippen molar-refractivity contribution in [1.29, 1.82) is 0 Å². The number of aromatic amines is 1. The lowest BCUT2D eigenvalue weighted by Gasteiger charge is -1.84. The van der Waals surface area contributed by atoms with Crippen LogP contribution in [0.5, 0.6) is 0 Å². The maximum Gasteiger partial charge on any atom is 0.301 e. The molecular weight excluding hydrogens is 168 g/mol. The van der Waals surface area contributed by atoms with E-state index in [4.69, 9.17) is 4.55 Å². The Labute approximate surface area is 67.3 Å². The number of aromatic nitrogens is 2. The van der Waals surface area contributed by atoms with Crippen LogP contribution in [0.3, 0.4) is 0 Å². The lowest BCUT2D eigenvalue weighted by atomic mass is 10.9. The van der Waals surface area contributed by atoms with Crippen LogP contribution in [0.15, 0.2) is 18.7 Å². The molecule has 0 aliphatic heterocycles. The van der Waals surface area contributed by atoms with Crippen LogP contribution in [0.25, 0.3) is 0 Å². The third-order valence-corrected chi connectivity index (χ3v) is 1.06. The molecular formula is C5H10N2O3S. The Bertz CT molecular complexity index is 161. The number of rotatable bonds is 2. The van der Waals surface area contributed by atoms with E-state index >= 15 is 0 Å². The number of nitrogens with one attached hydrogen (secondary N) is 1. The second-order valence-electron chi connectivity index (χ2n) is 1.38. The Morgan fingerprint density at radius 2 is 2.55 bits per heavy atom. The van der Waals surface area contributed by atoms with Crippen LogP contribution in [-0.4, -0.2) is 25.3 Å². The van der Waals surface area contributed by atoms with E-state index in [9.17, 15) is 4.21 Å². The first-order valence-corrected chi connectivity index (χ1v) is 3.97. The average molecular weight is 178 g/mol. The number of imidazole rings is 1. The van der Waals surface area contributed by atoms with Crippen LogP contribution in [-0.2, 0) is 15.5 Å². The highest BCUT2D eigenvalue weighted by Crippen LogP contribution is 1.72. The first-order chi connectivity index (χ1) is 5.27. The van der Waals surface area contributed by atoms with E-state index in [0.29, 0.717) is 0 Å². The first kappa shape index (κ1) is 10.3. The van der Waals surface area contributed by atoms with Crippen molar-refractivity contribution in [2.45, 2.75) is 6.92 Å². The summed E-state index contributed by atoms with van der Waals surface area (Å²) < 4.78 is 21.4. The lowest BCUT2D eigenvalue weighted by molar-refractivity contribution is 0.325. The van der Waals surface area contributed by atoms with E-state index in [1.807, 2.05) is 0 Å². The van der Waals surface area contributed by atoms with Gasteiger partial charge in [0.15, 0.2) is 0 Å². The third-order valence-electron chi connectivity index (χ3n) is 0.625.